The Hall–Kier alpha value is -1.69. The molecule has 2 atom stereocenters. The SMILES string of the molecule is Cc1nc(N2CCC(C(C)O)C2)ccc1[N+](=O)[O-]. The summed E-state index contributed by atoms with van der Waals surface area (Å²) in [5.41, 5.74) is 0.475. The van der Waals surface area contributed by atoms with E-state index in [0.29, 0.717) is 5.69 Å². The molecule has 0 saturated carbocycles. The molecule has 0 radical (unpaired) electrons. The van der Waals surface area contributed by atoms with Crippen LogP contribution in [0.2, 0.25) is 0 Å². The number of hydrogen-bond donors (Lipinski definition) is 1. The predicted octanol–water partition coefficient (Wildman–Crippen LogP) is 1.51. The third kappa shape index (κ3) is 2.43. The normalized spacial score (nSPS) is 21.1. The van der Waals surface area contributed by atoms with Crippen LogP contribution in [0.15, 0.2) is 12.1 Å². The number of nitro groups is 1. The van der Waals surface area contributed by atoms with E-state index >= 15 is 0 Å². The van der Waals surface area contributed by atoms with E-state index in [-0.39, 0.29) is 17.7 Å². The molecule has 1 aromatic rings. The zero-order valence-corrected chi connectivity index (χ0v) is 10.5. The number of aliphatic hydroxyl groups excluding tert-OH is 1. The van der Waals surface area contributed by atoms with Crippen molar-refractivity contribution in [2.24, 2.45) is 5.92 Å². The highest BCUT2D eigenvalue weighted by molar-refractivity contribution is 5.47. The molecule has 1 fully saturated rings. The summed E-state index contributed by atoms with van der Waals surface area (Å²) in [5, 5.41) is 20.3. The van der Waals surface area contributed by atoms with E-state index in [2.05, 4.69) is 9.88 Å². The molecule has 1 aliphatic heterocycles. The number of aromatic nitrogens is 1. The van der Waals surface area contributed by atoms with Crippen molar-refractivity contribution in [1.29, 1.82) is 0 Å². The average Bonchev–Trinajstić information content (AvgIpc) is 2.77. The lowest BCUT2D eigenvalue weighted by atomic mass is 10.0. The molecule has 0 amide bonds. The van der Waals surface area contributed by atoms with E-state index in [1.165, 1.54) is 6.07 Å². The third-order valence-electron chi connectivity index (χ3n) is 3.47. The largest absolute Gasteiger partial charge is 0.393 e. The van der Waals surface area contributed by atoms with Gasteiger partial charge in [-0.2, -0.15) is 0 Å². The molecule has 0 bridgehead atoms. The Morgan fingerprint density at radius 3 is 2.83 bits per heavy atom. The number of nitrogens with zero attached hydrogens (tertiary/aromatic N) is 3. The van der Waals surface area contributed by atoms with Crippen molar-refractivity contribution in [3.63, 3.8) is 0 Å². The molecule has 6 heteroatoms. The first-order valence-corrected chi connectivity index (χ1v) is 6.04. The molecule has 6 nitrogen and oxygen atoms in total. The first-order valence-electron chi connectivity index (χ1n) is 6.04. The highest BCUT2D eigenvalue weighted by atomic mass is 16.6. The maximum Gasteiger partial charge on any atom is 0.290 e. The first-order chi connectivity index (χ1) is 8.49. The van der Waals surface area contributed by atoms with Gasteiger partial charge in [-0.25, -0.2) is 4.98 Å². The number of hydrogen-bond acceptors (Lipinski definition) is 5. The molecule has 2 heterocycles. The fourth-order valence-electron chi connectivity index (χ4n) is 2.30. The number of aryl methyl sites for hydroxylation is 1. The summed E-state index contributed by atoms with van der Waals surface area (Å²) in [7, 11) is 0. The summed E-state index contributed by atoms with van der Waals surface area (Å²) < 4.78 is 0. The first kappa shape index (κ1) is 12.8. The van der Waals surface area contributed by atoms with Gasteiger partial charge in [-0.3, -0.25) is 10.1 Å². The maximum atomic E-state index is 10.7. The molecule has 1 aliphatic rings. The highest BCUT2D eigenvalue weighted by Gasteiger charge is 2.27. The van der Waals surface area contributed by atoms with Gasteiger partial charge in [-0.1, -0.05) is 0 Å². The minimum Gasteiger partial charge on any atom is -0.393 e. The van der Waals surface area contributed by atoms with Gasteiger partial charge >= 0.3 is 0 Å². The van der Waals surface area contributed by atoms with Crippen LogP contribution in [-0.2, 0) is 0 Å². The fraction of sp³-hybridized carbons (Fsp3) is 0.583. The number of anilines is 1. The molecule has 1 saturated heterocycles. The molecule has 18 heavy (non-hydrogen) atoms. The quantitative estimate of drug-likeness (QED) is 0.650. The molecule has 2 unspecified atom stereocenters. The molecule has 1 N–H and O–H groups in total. The Labute approximate surface area is 105 Å². The van der Waals surface area contributed by atoms with Gasteiger partial charge in [0.25, 0.3) is 5.69 Å². The van der Waals surface area contributed by atoms with Gasteiger partial charge in [-0.05, 0) is 26.3 Å². The predicted molar refractivity (Wildman–Crippen MR) is 67.6 cm³/mol. The van der Waals surface area contributed by atoms with Crippen LogP contribution in [0.4, 0.5) is 11.5 Å². The Balaban J connectivity index is 2.16. The molecular weight excluding hydrogens is 234 g/mol. The number of aliphatic hydroxyl groups is 1. The Kier molecular flexibility index (Phi) is 3.47. The second-order valence-corrected chi connectivity index (χ2v) is 4.77. The monoisotopic (exact) mass is 251 g/mol. The summed E-state index contributed by atoms with van der Waals surface area (Å²) >= 11 is 0. The smallest absolute Gasteiger partial charge is 0.290 e. The number of pyridine rings is 1. The summed E-state index contributed by atoms with van der Waals surface area (Å²) in [6.45, 7) is 5.02. The van der Waals surface area contributed by atoms with E-state index < -0.39 is 4.92 Å². The van der Waals surface area contributed by atoms with E-state index in [4.69, 9.17) is 0 Å². The van der Waals surface area contributed by atoms with Crippen molar-refractivity contribution in [3.8, 4) is 0 Å². The summed E-state index contributed by atoms with van der Waals surface area (Å²) in [6, 6.07) is 3.17. The van der Waals surface area contributed by atoms with Gasteiger partial charge in [0, 0.05) is 25.1 Å². The van der Waals surface area contributed by atoms with Crippen LogP contribution in [0.3, 0.4) is 0 Å². The van der Waals surface area contributed by atoms with E-state index in [1.54, 1.807) is 19.9 Å². The Bertz CT molecular complexity index is 462. The topological polar surface area (TPSA) is 79.5 Å². The van der Waals surface area contributed by atoms with Crippen LogP contribution in [0.1, 0.15) is 19.0 Å². The molecule has 0 aliphatic carbocycles. The van der Waals surface area contributed by atoms with Crippen LogP contribution in [0.5, 0.6) is 0 Å². The Morgan fingerprint density at radius 2 is 2.33 bits per heavy atom. The molecule has 0 aromatic carbocycles. The highest BCUT2D eigenvalue weighted by Crippen LogP contribution is 2.26. The van der Waals surface area contributed by atoms with Gasteiger partial charge in [0.2, 0.25) is 0 Å². The lowest BCUT2D eigenvalue weighted by Gasteiger charge is -2.18. The average molecular weight is 251 g/mol. The maximum absolute atomic E-state index is 10.7. The van der Waals surface area contributed by atoms with Crippen molar-refractivity contribution in [2.75, 3.05) is 18.0 Å². The lowest BCUT2D eigenvalue weighted by molar-refractivity contribution is -0.385. The fourth-order valence-corrected chi connectivity index (χ4v) is 2.30. The van der Waals surface area contributed by atoms with E-state index in [1.807, 2.05) is 0 Å². The number of rotatable bonds is 3. The Morgan fingerprint density at radius 1 is 1.61 bits per heavy atom. The summed E-state index contributed by atoms with van der Waals surface area (Å²) in [6.07, 6.45) is 0.601. The van der Waals surface area contributed by atoms with Crippen LogP contribution in [0, 0.1) is 23.0 Å². The van der Waals surface area contributed by atoms with Crippen LogP contribution in [0.25, 0.3) is 0 Å². The van der Waals surface area contributed by atoms with Crippen LogP contribution in [-0.4, -0.2) is 34.2 Å². The van der Waals surface area contributed by atoms with Crippen molar-refractivity contribution >= 4 is 11.5 Å². The minimum atomic E-state index is -0.422. The lowest BCUT2D eigenvalue weighted by Crippen LogP contribution is -2.24. The third-order valence-corrected chi connectivity index (χ3v) is 3.47. The molecule has 0 spiro atoms. The van der Waals surface area contributed by atoms with Gasteiger partial charge in [0.15, 0.2) is 0 Å². The van der Waals surface area contributed by atoms with Gasteiger partial charge in [0.1, 0.15) is 11.5 Å². The minimum absolute atomic E-state index is 0.0463. The molecule has 98 valence electrons. The van der Waals surface area contributed by atoms with E-state index in [9.17, 15) is 15.2 Å². The van der Waals surface area contributed by atoms with Crippen molar-refractivity contribution < 1.29 is 10.0 Å². The van der Waals surface area contributed by atoms with Crippen molar-refractivity contribution in [1.82, 2.24) is 4.98 Å². The summed E-state index contributed by atoms with van der Waals surface area (Å²) in [4.78, 5) is 16.6. The zero-order valence-electron chi connectivity index (χ0n) is 10.5. The summed E-state index contributed by atoms with van der Waals surface area (Å²) in [5.74, 6) is 1.00. The molecule has 1 aromatic heterocycles. The van der Waals surface area contributed by atoms with Crippen molar-refractivity contribution in [2.45, 2.75) is 26.4 Å². The van der Waals surface area contributed by atoms with Crippen LogP contribution < -0.4 is 4.90 Å². The van der Waals surface area contributed by atoms with Gasteiger partial charge in [0.05, 0.1) is 11.0 Å². The van der Waals surface area contributed by atoms with Gasteiger partial charge < -0.3 is 10.0 Å². The zero-order chi connectivity index (χ0) is 13.3. The second kappa shape index (κ2) is 4.89. The molecule has 2 rings (SSSR count). The van der Waals surface area contributed by atoms with Crippen LogP contribution >= 0.6 is 0 Å². The molecular formula is C12H17N3O3. The standard InChI is InChI=1S/C12H17N3O3/c1-8-11(15(17)18)3-4-12(13-8)14-6-5-10(7-14)9(2)16/h3-4,9-10,16H,5-7H2,1-2H3. The van der Waals surface area contributed by atoms with Gasteiger partial charge in [-0.15, -0.1) is 0 Å². The van der Waals surface area contributed by atoms with Crippen molar-refractivity contribution in [3.05, 3.63) is 27.9 Å². The second-order valence-electron chi connectivity index (χ2n) is 4.77. The van der Waals surface area contributed by atoms with E-state index in [0.717, 1.165) is 25.3 Å².